The summed E-state index contributed by atoms with van der Waals surface area (Å²) < 4.78 is 1.95. The van der Waals surface area contributed by atoms with E-state index >= 15 is 0 Å². The average Bonchev–Trinajstić information content (AvgIpc) is 2.54. The summed E-state index contributed by atoms with van der Waals surface area (Å²) in [5, 5.41) is 17.3. The van der Waals surface area contributed by atoms with Crippen molar-refractivity contribution >= 4 is 0 Å². The second-order valence-electron chi connectivity index (χ2n) is 4.73. The molecule has 2 N–H and O–H groups in total. The number of hydrogen-bond donors (Lipinski definition) is 2. The van der Waals surface area contributed by atoms with Crippen LogP contribution in [0.3, 0.4) is 0 Å². The molecule has 0 aliphatic heterocycles. The Hall–Kier alpha value is -0.870. The summed E-state index contributed by atoms with van der Waals surface area (Å²) in [7, 11) is 0. The van der Waals surface area contributed by atoms with Crippen LogP contribution in [0.1, 0.15) is 31.7 Å². The predicted molar refractivity (Wildman–Crippen MR) is 65.5 cm³/mol. The number of rotatable bonds is 6. The Labute approximate surface area is 97.7 Å². The lowest BCUT2D eigenvalue weighted by molar-refractivity contribution is 0.152. The normalized spacial score (nSPS) is 15.1. The molecule has 0 spiro atoms. The predicted octanol–water partition coefficient (Wildman–Crippen LogP) is 1.25. The van der Waals surface area contributed by atoms with Crippen LogP contribution in [0.4, 0.5) is 0 Å². The summed E-state index contributed by atoms with van der Waals surface area (Å²) in [6.07, 6.45) is 1.06. The van der Waals surface area contributed by atoms with Crippen LogP contribution in [0.25, 0.3) is 0 Å². The van der Waals surface area contributed by atoms with Gasteiger partial charge in [-0.15, -0.1) is 0 Å². The lowest BCUT2D eigenvalue weighted by Crippen LogP contribution is -2.49. The molecule has 0 aromatic carbocycles. The number of nitrogens with zero attached hydrogens (tertiary/aromatic N) is 2. The Morgan fingerprint density at radius 3 is 2.62 bits per heavy atom. The van der Waals surface area contributed by atoms with Crippen LogP contribution >= 0.6 is 0 Å². The van der Waals surface area contributed by atoms with Crippen molar-refractivity contribution in [2.45, 2.75) is 46.2 Å². The zero-order valence-corrected chi connectivity index (χ0v) is 10.7. The van der Waals surface area contributed by atoms with Crippen LogP contribution in [0, 0.1) is 13.8 Å². The van der Waals surface area contributed by atoms with E-state index < -0.39 is 0 Å². The first kappa shape index (κ1) is 13.2. The van der Waals surface area contributed by atoms with Crippen LogP contribution in [-0.4, -0.2) is 33.6 Å². The molecular formula is C12H23N3O. The molecule has 0 saturated carbocycles. The van der Waals surface area contributed by atoms with Gasteiger partial charge < -0.3 is 10.4 Å². The highest BCUT2D eigenvalue weighted by molar-refractivity contribution is 5.07. The third-order valence-electron chi connectivity index (χ3n) is 2.75. The van der Waals surface area contributed by atoms with Gasteiger partial charge in [0.2, 0.25) is 0 Å². The van der Waals surface area contributed by atoms with Crippen LogP contribution < -0.4 is 5.32 Å². The number of aromatic nitrogens is 2. The highest BCUT2D eigenvalue weighted by Gasteiger charge is 2.23. The van der Waals surface area contributed by atoms with E-state index in [9.17, 15) is 5.11 Å². The number of aryl methyl sites for hydroxylation is 2. The van der Waals surface area contributed by atoms with Crippen molar-refractivity contribution < 1.29 is 5.11 Å². The van der Waals surface area contributed by atoms with Crippen molar-refractivity contribution in [1.29, 1.82) is 0 Å². The average molecular weight is 225 g/mol. The Kier molecular flexibility index (Phi) is 4.50. The van der Waals surface area contributed by atoms with E-state index in [1.54, 1.807) is 0 Å². The Bertz CT molecular complexity index is 335. The third kappa shape index (κ3) is 3.32. The molecule has 16 heavy (non-hydrogen) atoms. The van der Waals surface area contributed by atoms with Gasteiger partial charge in [-0.05, 0) is 39.8 Å². The second kappa shape index (κ2) is 5.46. The Morgan fingerprint density at radius 1 is 1.50 bits per heavy atom. The van der Waals surface area contributed by atoms with Gasteiger partial charge in [0.25, 0.3) is 0 Å². The SMILES string of the molecule is CCCNC(C)(CO)Cn1nc(C)cc1C. The number of nitrogens with one attached hydrogen (secondary N) is 1. The quantitative estimate of drug-likeness (QED) is 0.766. The second-order valence-corrected chi connectivity index (χ2v) is 4.73. The molecule has 0 aliphatic rings. The van der Waals surface area contributed by atoms with Crippen LogP contribution in [0.15, 0.2) is 6.07 Å². The minimum absolute atomic E-state index is 0.116. The fraction of sp³-hybridized carbons (Fsp3) is 0.750. The van der Waals surface area contributed by atoms with E-state index in [1.165, 1.54) is 0 Å². The smallest absolute Gasteiger partial charge is 0.0628 e. The molecule has 1 unspecified atom stereocenters. The van der Waals surface area contributed by atoms with Crippen molar-refractivity contribution in [3.63, 3.8) is 0 Å². The summed E-state index contributed by atoms with van der Waals surface area (Å²) in [6, 6.07) is 2.05. The maximum atomic E-state index is 9.47. The molecule has 0 bridgehead atoms. The Balaban J connectivity index is 2.72. The van der Waals surface area contributed by atoms with E-state index in [1.807, 2.05) is 25.5 Å². The van der Waals surface area contributed by atoms with Crippen molar-refractivity contribution in [3.05, 3.63) is 17.5 Å². The van der Waals surface area contributed by atoms with Crippen LogP contribution in [0.5, 0.6) is 0 Å². The van der Waals surface area contributed by atoms with Crippen molar-refractivity contribution in [1.82, 2.24) is 15.1 Å². The maximum Gasteiger partial charge on any atom is 0.0628 e. The van der Waals surface area contributed by atoms with E-state index in [0.717, 1.165) is 24.4 Å². The van der Waals surface area contributed by atoms with Crippen LogP contribution in [-0.2, 0) is 6.54 Å². The first-order chi connectivity index (χ1) is 7.50. The van der Waals surface area contributed by atoms with Gasteiger partial charge in [0, 0.05) is 5.69 Å². The molecule has 1 aromatic heterocycles. The summed E-state index contributed by atoms with van der Waals surface area (Å²) in [5.41, 5.74) is 1.86. The minimum Gasteiger partial charge on any atom is -0.394 e. The molecular weight excluding hydrogens is 202 g/mol. The molecule has 4 nitrogen and oxygen atoms in total. The number of hydrogen-bond acceptors (Lipinski definition) is 3. The topological polar surface area (TPSA) is 50.1 Å². The molecule has 0 amide bonds. The molecule has 92 valence electrons. The van der Waals surface area contributed by atoms with Crippen LogP contribution in [0.2, 0.25) is 0 Å². The van der Waals surface area contributed by atoms with Crippen molar-refractivity contribution in [3.8, 4) is 0 Å². The van der Waals surface area contributed by atoms with Gasteiger partial charge in [0.05, 0.1) is 24.4 Å². The summed E-state index contributed by atoms with van der Waals surface area (Å²) in [5.74, 6) is 0. The molecule has 1 aromatic rings. The monoisotopic (exact) mass is 225 g/mol. The van der Waals surface area contributed by atoms with Gasteiger partial charge in [-0.2, -0.15) is 5.10 Å². The summed E-state index contributed by atoms with van der Waals surface area (Å²) >= 11 is 0. The molecule has 4 heteroatoms. The first-order valence-corrected chi connectivity index (χ1v) is 5.87. The molecule has 0 aliphatic carbocycles. The zero-order valence-electron chi connectivity index (χ0n) is 10.7. The van der Waals surface area contributed by atoms with Gasteiger partial charge in [-0.25, -0.2) is 0 Å². The van der Waals surface area contributed by atoms with E-state index in [2.05, 4.69) is 23.4 Å². The largest absolute Gasteiger partial charge is 0.394 e. The standard InChI is InChI=1S/C12H23N3O/c1-5-6-13-12(4,9-16)8-15-11(3)7-10(2)14-15/h7,13,16H,5-6,8-9H2,1-4H3. The maximum absolute atomic E-state index is 9.47. The van der Waals surface area contributed by atoms with Crippen molar-refractivity contribution in [2.24, 2.45) is 0 Å². The Morgan fingerprint density at radius 2 is 2.19 bits per heavy atom. The lowest BCUT2D eigenvalue weighted by atomic mass is 10.0. The van der Waals surface area contributed by atoms with Crippen molar-refractivity contribution in [2.75, 3.05) is 13.2 Å². The zero-order chi connectivity index (χ0) is 12.2. The number of aliphatic hydroxyl groups excluding tert-OH is 1. The van der Waals surface area contributed by atoms with E-state index in [4.69, 9.17) is 0 Å². The third-order valence-corrected chi connectivity index (χ3v) is 2.75. The van der Waals surface area contributed by atoms with E-state index in [-0.39, 0.29) is 12.1 Å². The number of aliphatic hydroxyl groups is 1. The highest BCUT2D eigenvalue weighted by Crippen LogP contribution is 2.10. The molecule has 1 atom stereocenters. The fourth-order valence-electron chi connectivity index (χ4n) is 1.75. The first-order valence-electron chi connectivity index (χ1n) is 5.87. The molecule has 0 saturated heterocycles. The molecule has 1 heterocycles. The molecule has 0 fully saturated rings. The molecule has 1 rings (SSSR count). The fourth-order valence-corrected chi connectivity index (χ4v) is 1.75. The molecule has 0 radical (unpaired) electrons. The van der Waals surface area contributed by atoms with E-state index in [0.29, 0.717) is 6.54 Å². The van der Waals surface area contributed by atoms with Gasteiger partial charge in [0.15, 0.2) is 0 Å². The summed E-state index contributed by atoms with van der Waals surface area (Å²) in [6.45, 7) is 9.90. The van der Waals surface area contributed by atoms with Gasteiger partial charge >= 0.3 is 0 Å². The summed E-state index contributed by atoms with van der Waals surface area (Å²) in [4.78, 5) is 0. The van der Waals surface area contributed by atoms with Gasteiger partial charge in [0.1, 0.15) is 0 Å². The van der Waals surface area contributed by atoms with Gasteiger partial charge in [-0.3, -0.25) is 4.68 Å². The van der Waals surface area contributed by atoms with Gasteiger partial charge in [-0.1, -0.05) is 6.92 Å². The highest BCUT2D eigenvalue weighted by atomic mass is 16.3. The lowest BCUT2D eigenvalue weighted by Gasteiger charge is -2.29. The minimum atomic E-state index is -0.292.